The van der Waals surface area contributed by atoms with Crippen molar-refractivity contribution in [3.8, 4) is 23.3 Å². The summed E-state index contributed by atoms with van der Waals surface area (Å²) in [5, 5.41) is 30.6. The van der Waals surface area contributed by atoms with Crippen LogP contribution in [-0.2, 0) is 0 Å². The van der Waals surface area contributed by atoms with Gasteiger partial charge in [0.05, 0.1) is 13.2 Å². The molecule has 0 spiro atoms. The number of fused-ring (bicyclic) bond motifs is 1. The molecule has 3 aromatic carbocycles. The predicted molar refractivity (Wildman–Crippen MR) is 113 cm³/mol. The van der Waals surface area contributed by atoms with Gasteiger partial charge in [-0.3, -0.25) is 0 Å². The standard InChI is InChI=1S/C24H22N2O3/c1-24(2)20(15-25)19-13-22(27)23(28)14-21(19)26(24,16-7-5-4-6-8-16)17-9-11-18(29-3)12-10-17/h4-14,20H,1-3H3,(H-,27,28)/p+1. The van der Waals surface area contributed by atoms with Gasteiger partial charge in [-0.25, -0.2) is 4.48 Å². The topological polar surface area (TPSA) is 73.5 Å². The van der Waals surface area contributed by atoms with Crippen molar-refractivity contribution in [3.05, 3.63) is 72.3 Å². The van der Waals surface area contributed by atoms with Gasteiger partial charge < -0.3 is 14.9 Å². The molecule has 2 atom stereocenters. The molecule has 0 saturated carbocycles. The SMILES string of the molecule is COc1ccc([N+]2(c3ccccc3)c3cc(O)c(O)cc3C(C#N)C2(C)C)cc1. The highest BCUT2D eigenvalue weighted by Gasteiger charge is 2.62. The lowest BCUT2D eigenvalue weighted by Gasteiger charge is -2.45. The van der Waals surface area contributed by atoms with Gasteiger partial charge in [-0.15, -0.1) is 0 Å². The minimum absolute atomic E-state index is 0.204. The average Bonchev–Trinajstić information content (AvgIpc) is 2.91. The fourth-order valence-corrected chi connectivity index (χ4v) is 4.77. The van der Waals surface area contributed by atoms with Crippen molar-refractivity contribution >= 4 is 17.1 Å². The second-order valence-electron chi connectivity index (χ2n) is 7.82. The summed E-state index contributed by atoms with van der Waals surface area (Å²) in [5.74, 6) is -0.179. The smallest absolute Gasteiger partial charge is 0.163 e. The number of rotatable bonds is 3. The van der Waals surface area contributed by atoms with Gasteiger partial charge >= 0.3 is 0 Å². The molecular weight excluding hydrogens is 364 g/mol. The molecule has 2 N–H and O–H groups in total. The van der Waals surface area contributed by atoms with Crippen LogP contribution in [0.3, 0.4) is 0 Å². The van der Waals surface area contributed by atoms with Crippen LogP contribution in [0.1, 0.15) is 25.3 Å². The molecule has 0 saturated heterocycles. The summed E-state index contributed by atoms with van der Waals surface area (Å²) in [5.41, 5.74) is 2.77. The molecule has 2 unspecified atom stereocenters. The zero-order chi connectivity index (χ0) is 20.8. The molecule has 0 bridgehead atoms. The Morgan fingerprint density at radius 1 is 0.931 bits per heavy atom. The molecule has 5 heteroatoms. The molecule has 1 aliphatic heterocycles. The van der Waals surface area contributed by atoms with E-state index in [2.05, 4.69) is 6.07 Å². The van der Waals surface area contributed by atoms with Crippen LogP contribution in [0.25, 0.3) is 0 Å². The molecule has 1 heterocycles. The molecule has 3 aromatic rings. The summed E-state index contributed by atoms with van der Waals surface area (Å²) in [6, 6.07) is 23.3. The lowest BCUT2D eigenvalue weighted by molar-refractivity contribution is 0.278. The highest BCUT2D eigenvalue weighted by atomic mass is 16.5. The van der Waals surface area contributed by atoms with Gasteiger partial charge in [0.1, 0.15) is 28.6 Å². The summed E-state index contributed by atoms with van der Waals surface area (Å²) in [7, 11) is 1.62. The Labute approximate surface area is 170 Å². The van der Waals surface area contributed by atoms with Crippen molar-refractivity contribution < 1.29 is 14.9 Å². The Kier molecular flexibility index (Phi) is 4.25. The van der Waals surface area contributed by atoms with Crippen molar-refractivity contribution in [1.29, 1.82) is 5.26 Å². The van der Waals surface area contributed by atoms with E-state index >= 15 is 0 Å². The summed E-state index contributed by atoms with van der Waals surface area (Å²) < 4.78 is 5.57. The Balaban J connectivity index is 2.16. The zero-order valence-electron chi connectivity index (χ0n) is 16.6. The van der Waals surface area contributed by atoms with E-state index in [0.29, 0.717) is 5.56 Å². The number of ether oxygens (including phenoxy) is 1. The average molecular weight is 387 g/mol. The minimum Gasteiger partial charge on any atom is -0.504 e. The Morgan fingerprint density at radius 2 is 1.52 bits per heavy atom. The molecule has 1 aliphatic rings. The maximum Gasteiger partial charge on any atom is 0.163 e. The molecule has 0 fully saturated rings. The van der Waals surface area contributed by atoms with Crippen molar-refractivity contribution in [2.45, 2.75) is 25.3 Å². The van der Waals surface area contributed by atoms with Crippen LogP contribution in [0.2, 0.25) is 0 Å². The molecule has 0 aromatic heterocycles. The number of nitrogens with zero attached hydrogens (tertiary/aromatic N) is 2. The van der Waals surface area contributed by atoms with Crippen LogP contribution in [0.5, 0.6) is 17.2 Å². The van der Waals surface area contributed by atoms with Gasteiger partial charge in [0.25, 0.3) is 0 Å². The van der Waals surface area contributed by atoms with Crippen molar-refractivity contribution in [2.75, 3.05) is 7.11 Å². The van der Waals surface area contributed by atoms with E-state index in [4.69, 9.17) is 4.74 Å². The number of phenolic OH excluding ortho intramolecular Hbond substituents is 2. The van der Waals surface area contributed by atoms with E-state index in [1.807, 2.05) is 68.4 Å². The number of aromatic hydroxyl groups is 2. The van der Waals surface area contributed by atoms with Crippen LogP contribution in [0, 0.1) is 11.3 Å². The Morgan fingerprint density at radius 3 is 2.10 bits per heavy atom. The fraction of sp³-hybridized carbons (Fsp3) is 0.208. The number of phenols is 2. The largest absolute Gasteiger partial charge is 0.504 e. The van der Waals surface area contributed by atoms with Gasteiger partial charge in [-0.05, 0) is 44.2 Å². The number of quaternary nitrogens is 1. The van der Waals surface area contributed by atoms with Gasteiger partial charge in [0.15, 0.2) is 17.2 Å². The second-order valence-corrected chi connectivity index (χ2v) is 7.82. The van der Waals surface area contributed by atoms with Crippen molar-refractivity contribution in [1.82, 2.24) is 4.48 Å². The molecule has 146 valence electrons. The van der Waals surface area contributed by atoms with Gasteiger partial charge in [0.2, 0.25) is 0 Å². The maximum atomic E-state index is 10.4. The van der Waals surface area contributed by atoms with Crippen molar-refractivity contribution in [3.63, 3.8) is 0 Å². The first-order chi connectivity index (χ1) is 13.9. The molecule has 0 aliphatic carbocycles. The molecule has 0 amide bonds. The third-order valence-electron chi connectivity index (χ3n) is 6.10. The number of nitriles is 1. The molecule has 4 rings (SSSR count). The van der Waals surface area contributed by atoms with Crippen LogP contribution in [0.4, 0.5) is 17.1 Å². The summed E-state index contributed by atoms with van der Waals surface area (Å²) in [6.07, 6.45) is 0. The number of methoxy groups -OCH3 is 1. The Hall–Kier alpha value is -3.49. The zero-order valence-corrected chi connectivity index (χ0v) is 16.6. The molecular formula is C24H23N2O3+. The molecule has 0 radical (unpaired) electrons. The fourth-order valence-electron chi connectivity index (χ4n) is 4.77. The predicted octanol–water partition coefficient (Wildman–Crippen LogP) is 5.48. The lowest BCUT2D eigenvalue weighted by Crippen LogP contribution is -2.54. The van der Waals surface area contributed by atoms with E-state index < -0.39 is 11.5 Å². The number of para-hydroxylation sites is 1. The summed E-state index contributed by atoms with van der Waals surface area (Å²) in [6.45, 7) is 4.10. The monoisotopic (exact) mass is 387 g/mol. The third-order valence-corrected chi connectivity index (χ3v) is 6.10. The van der Waals surface area contributed by atoms with Gasteiger partial charge in [0, 0.05) is 23.8 Å². The normalized spacial score (nSPS) is 21.9. The first-order valence-corrected chi connectivity index (χ1v) is 9.43. The summed E-state index contributed by atoms with van der Waals surface area (Å²) >= 11 is 0. The molecule has 29 heavy (non-hydrogen) atoms. The maximum absolute atomic E-state index is 10.4. The highest BCUT2D eigenvalue weighted by molar-refractivity contribution is 5.82. The van der Waals surface area contributed by atoms with E-state index in [9.17, 15) is 15.5 Å². The first kappa shape index (κ1) is 18.9. The van der Waals surface area contributed by atoms with Crippen molar-refractivity contribution in [2.24, 2.45) is 0 Å². The third kappa shape index (κ3) is 2.43. The second kappa shape index (κ2) is 6.54. The van der Waals surface area contributed by atoms with E-state index in [1.54, 1.807) is 13.2 Å². The van der Waals surface area contributed by atoms with Gasteiger partial charge in [-0.1, -0.05) is 18.2 Å². The Bertz CT molecular complexity index is 1100. The number of hydrogen-bond donors (Lipinski definition) is 2. The van der Waals surface area contributed by atoms with E-state index in [1.165, 1.54) is 6.07 Å². The lowest BCUT2D eigenvalue weighted by atomic mass is 9.84. The van der Waals surface area contributed by atoms with Crippen LogP contribution in [0.15, 0.2) is 66.7 Å². The minimum atomic E-state index is -0.618. The first-order valence-electron chi connectivity index (χ1n) is 9.43. The number of hydrogen-bond acceptors (Lipinski definition) is 4. The quantitative estimate of drug-likeness (QED) is 0.461. The van der Waals surface area contributed by atoms with Gasteiger partial charge in [-0.2, -0.15) is 5.26 Å². The van der Waals surface area contributed by atoms with Crippen LogP contribution in [-0.4, -0.2) is 22.9 Å². The number of benzene rings is 3. The van der Waals surface area contributed by atoms with E-state index in [-0.39, 0.29) is 16.0 Å². The highest BCUT2D eigenvalue weighted by Crippen LogP contribution is 2.63. The molecule has 5 nitrogen and oxygen atoms in total. The van der Waals surface area contributed by atoms with Crippen LogP contribution >= 0.6 is 0 Å². The van der Waals surface area contributed by atoms with Crippen LogP contribution < -0.4 is 9.22 Å². The summed E-state index contributed by atoms with van der Waals surface area (Å²) in [4.78, 5) is 0. The van der Waals surface area contributed by atoms with E-state index in [0.717, 1.165) is 22.8 Å².